The zero-order chi connectivity index (χ0) is 25.5. The Labute approximate surface area is 211 Å². The summed E-state index contributed by atoms with van der Waals surface area (Å²) in [4.78, 5) is 17.1. The van der Waals surface area contributed by atoms with E-state index in [0.717, 1.165) is 34.6 Å². The molecule has 0 bridgehead atoms. The van der Waals surface area contributed by atoms with Crippen molar-refractivity contribution in [1.29, 1.82) is 0 Å². The Hall–Kier alpha value is -2.89. The van der Waals surface area contributed by atoms with Gasteiger partial charge in [-0.15, -0.1) is 11.3 Å². The van der Waals surface area contributed by atoms with Crippen molar-refractivity contribution in [2.75, 3.05) is 31.1 Å². The maximum Gasteiger partial charge on any atom is 0.416 e. The molecule has 0 aliphatic carbocycles. The van der Waals surface area contributed by atoms with Gasteiger partial charge in [0.05, 0.1) is 5.56 Å². The fourth-order valence-electron chi connectivity index (χ4n) is 4.76. The summed E-state index contributed by atoms with van der Waals surface area (Å²) < 4.78 is 67.8. The van der Waals surface area contributed by atoms with Crippen molar-refractivity contribution < 1.29 is 26.4 Å². The SMILES string of the molecule is O=C([C@H]1Cc2ccccc2CN1S(=O)(=O)c1cccs1)N1CCN(c2cccc(C(F)(F)F)c2)CC1. The maximum atomic E-state index is 13.7. The minimum absolute atomic E-state index is 0.108. The van der Waals surface area contributed by atoms with Crippen molar-refractivity contribution in [2.24, 2.45) is 0 Å². The fourth-order valence-corrected chi connectivity index (χ4v) is 7.44. The molecule has 0 radical (unpaired) electrons. The van der Waals surface area contributed by atoms with E-state index in [-0.39, 0.29) is 23.1 Å². The lowest BCUT2D eigenvalue weighted by atomic mass is 9.95. The summed E-state index contributed by atoms with van der Waals surface area (Å²) in [5.41, 5.74) is 1.55. The Morgan fingerprint density at radius 1 is 0.917 bits per heavy atom. The number of anilines is 1. The molecule has 1 fully saturated rings. The van der Waals surface area contributed by atoms with Crippen LogP contribution in [0.4, 0.5) is 18.9 Å². The first-order valence-electron chi connectivity index (χ1n) is 11.5. The van der Waals surface area contributed by atoms with Crippen LogP contribution >= 0.6 is 11.3 Å². The van der Waals surface area contributed by atoms with Crippen LogP contribution in [0.2, 0.25) is 0 Å². The van der Waals surface area contributed by atoms with Gasteiger partial charge in [0.1, 0.15) is 10.3 Å². The largest absolute Gasteiger partial charge is 0.416 e. The summed E-state index contributed by atoms with van der Waals surface area (Å²) in [6, 6.07) is 15.0. The molecule has 3 aromatic rings. The third-order valence-electron chi connectivity index (χ3n) is 6.68. The van der Waals surface area contributed by atoms with Crippen LogP contribution in [0.5, 0.6) is 0 Å². The van der Waals surface area contributed by atoms with E-state index in [0.29, 0.717) is 31.9 Å². The molecule has 0 unspecified atom stereocenters. The summed E-state index contributed by atoms with van der Waals surface area (Å²) in [6.07, 6.45) is -4.16. The third-order valence-corrected chi connectivity index (χ3v) is 9.91. The molecule has 2 aliphatic heterocycles. The van der Waals surface area contributed by atoms with Crippen LogP contribution in [0, 0.1) is 0 Å². The number of thiophene rings is 1. The number of nitrogens with zero attached hydrogens (tertiary/aromatic N) is 3. The Kier molecular flexibility index (Phi) is 6.56. The molecule has 11 heteroatoms. The smallest absolute Gasteiger partial charge is 0.368 e. The molecule has 2 aromatic carbocycles. The summed E-state index contributed by atoms with van der Waals surface area (Å²) >= 11 is 1.11. The molecule has 190 valence electrons. The van der Waals surface area contributed by atoms with E-state index >= 15 is 0 Å². The van der Waals surface area contributed by atoms with Gasteiger partial charge in [-0.25, -0.2) is 8.42 Å². The van der Waals surface area contributed by atoms with Crippen LogP contribution in [0.15, 0.2) is 70.3 Å². The first-order valence-corrected chi connectivity index (χ1v) is 13.8. The number of halogens is 3. The number of hydrogen-bond donors (Lipinski definition) is 0. The number of carbonyl (C=O) groups is 1. The molecule has 1 saturated heterocycles. The van der Waals surface area contributed by atoms with Gasteiger partial charge < -0.3 is 9.80 Å². The molecule has 0 N–H and O–H groups in total. The number of piperazine rings is 1. The molecule has 1 aromatic heterocycles. The monoisotopic (exact) mass is 535 g/mol. The molecule has 36 heavy (non-hydrogen) atoms. The van der Waals surface area contributed by atoms with Crippen LogP contribution in [-0.2, 0) is 34.0 Å². The minimum Gasteiger partial charge on any atom is -0.368 e. The summed E-state index contributed by atoms with van der Waals surface area (Å²) in [5, 5.41) is 1.69. The Morgan fingerprint density at radius 3 is 2.31 bits per heavy atom. The Balaban J connectivity index is 1.36. The highest BCUT2D eigenvalue weighted by atomic mass is 32.2. The summed E-state index contributed by atoms with van der Waals surface area (Å²) in [7, 11) is -3.88. The highest BCUT2D eigenvalue weighted by molar-refractivity contribution is 7.91. The number of hydrogen-bond acceptors (Lipinski definition) is 5. The summed E-state index contributed by atoms with van der Waals surface area (Å²) in [6.45, 7) is 1.40. The second-order valence-electron chi connectivity index (χ2n) is 8.83. The van der Waals surface area contributed by atoms with E-state index in [9.17, 15) is 26.4 Å². The number of rotatable bonds is 4. The van der Waals surface area contributed by atoms with Gasteiger partial charge in [0, 0.05) is 38.4 Å². The van der Waals surface area contributed by atoms with Gasteiger partial charge in [-0.05, 0) is 47.2 Å². The van der Waals surface area contributed by atoms with E-state index in [1.165, 1.54) is 16.4 Å². The zero-order valence-electron chi connectivity index (χ0n) is 19.2. The second-order valence-corrected chi connectivity index (χ2v) is 11.9. The van der Waals surface area contributed by atoms with Crippen LogP contribution in [-0.4, -0.2) is 55.8 Å². The normalized spacial score (nSPS) is 19.2. The lowest BCUT2D eigenvalue weighted by molar-refractivity contribution is -0.137. The van der Waals surface area contributed by atoms with Gasteiger partial charge in [-0.2, -0.15) is 17.5 Å². The van der Waals surface area contributed by atoms with E-state index in [2.05, 4.69) is 0 Å². The molecule has 1 atom stereocenters. The number of fused-ring (bicyclic) bond motifs is 1. The van der Waals surface area contributed by atoms with Crippen LogP contribution in [0.25, 0.3) is 0 Å². The maximum absolute atomic E-state index is 13.7. The van der Waals surface area contributed by atoms with Gasteiger partial charge in [-0.1, -0.05) is 36.4 Å². The minimum atomic E-state index is -4.43. The van der Waals surface area contributed by atoms with E-state index in [4.69, 9.17) is 0 Å². The highest BCUT2D eigenvalue weighted by Crippen LogP contribution is 2.33. The van der Waals surface area contributed by atoms with Crippen LogP contribution < -0.4 is 4.90 Å². The molecule has 0 saturated carbocycles. The Morgan fingerprint density at radius 2 is 1.64 bits per heavy atom. The van der Waals surface area contributed by atoms with Crippen molar-refractivity contribution in [3.63, 3.8) is 0 Å². The zero-order valence-corrected chi connectivity index (χ0v) is 20.8. The van der Waals surface area contributed by atoms with Crippen molar-refractivity contribution >= 4 is 33.0 Å². The number of alkyl halides is 3. The average Bonchev–Trinajstić information content (AvgIpc) is 3.43. The quantitative estimate of drug-likeness (QED) is 0.502. The highest BCUT2D eigenvalue weighted by Gasteiger charge is 2.42. The number of carbonyl (C=O) groups excluding carboxylic acids is 1. The number of amides is 1. The molecule has 5 rings (SSSR count). The molecule has 2 aliphatic rings. The van der Waals surface area contributed by atoms with E-state index < -0.39 is 27.8 Å². The predicted molar refractivity (Wildman–Crippen MR) is 131 cm³/mol. The first kappa shape index (κ1) is 24.8. The second kappa shape index (κ2) is 9.53. The third kappa shape index (κ3) is 4.74. The van der Waals surface area contributed by atoms with Gasteiger partial charge in [-0.3, -0.25) is 4.79 Å². The van der Waals surface area contributed by atoms with Gasteiger partial charge in [0.2, 0.25) is 5.91 Å². The average molecular weight is 536 g/mol. The molecule has 0 spiro atoms. The summed E-state index contributed by atoms with van der Waals surface area (Å²) in [5.74, 6) is -0.284. The molecule has 1 amide bonds. The topological polar surface area (TPSA) is 60.9 Å². The fraction of sp³-hybridized carbons (Fsp3) is 0.320. The van der Waals surface area contributed by atoms with Crippen molar-refractivity contribution in [3.05, 3.63) is 82.7 Å². The predicted octanol–water partition coefficient (Wildman–Crippen LogP) is 4.23. The standard InChI is InChI=1S/C25H24F3N3O3S2/c26-25(27,28)20-7-3-8-21(16-20)29-10-12-30(13-11-29)24(32)22-15-18-5-1-2-6-19(18)17-31(22)36(33,34)23-9-4-14-35-23/h1-9,14,16,22H,10-13,15,17H2/t22-/m1/s1. The molecule has 6 nitrogen and oxygen atoms in total. The van der Waals surface area contributed by atoms with Crippen molar-refractivity contribution in [3.8, 4) is 0 Å². The van der Waals surface area contributed by atoms with Gasteiger partial charge in [0.25, 0.3) is 10.0 Å². The van der Waals surface area contributed by atoms with E-state index in [1.54, 1.807) is 22.4 Å². The van der Waals surface area contributed by atoms with Crippen LogP contribution in [0.3, 0.4) is 0 Å². The molecular formula is C25H24F3N3O3S2. The number of benzene rings is 2. The Bertz CT molecular complexity index is 1350. The lowest BCUT2D eigenvalue weighted by Gasteiger charge is -2.41. The molecular weight excluding hydrogens is 511 g/mol. The van der Waals surface area contributed by atoms with Crippen molar-refractivity contribution in [1.82, 2.24) is 9.21 Å². The lowest BCUT2D eigenvalue weighted by Crippen LogP contribution is -2.57. The molecule has 3 heterocycles. The van der Waals surface area contributed by atoms with Gasteiger partial charge in [0.15, 0.2) is 0 Å². The van der Waals surface area contributed by atoms with E-state index in [1.807, 2.05) is 29.2 Å². The van der Waals surface area contributed by atoms with Gasteiger partial charge >= 0.3 is 6.18 Å². The first-order chi connectivity index (χ1) is 17.1. The van der Waals surface area contributed by atoms with Crippen molar-refractivity contribution in [2.45, 2.75) is 29.4 Å². The number of sulfonamides is 1. The van der Waals surface area contributed by atoms with Crippen LogP contribution in [0.1, 0.15) is 16.7 Å².